The summed E-state index contributed by atoms with van der Waals surface area (Å²) in [4.78, 5) is 10.8. The SMILES string of the molecule is CCCc1c(C(=O)O)nnn1C(C)C(F)(F)F. The quantitative estimate of drug-likeness (QED) is 0.889. The molecule has 17 heavy (non-hydrogen) atoms. The Kier molecular flexibility index (Phi) is 3.74. The van der Waals surface area contributed by atoms with Crippen LogP contribution in [0, 0.1) is 0 Å². The molecule has 0 radical (unpaired) electrons. The molecular weight excluding hydrogens is 239 g/mol. The Labute approximate surface area is 95.2 Å². The van der Waals surface area contributed by atoms with E-state index in [-0.39, 0.29) is 12.1 Å². The number of hydrogen-bond acceptors (Lipinski definition) is 3. The second kappa shape index (κ2) is 4.72. The molecule has 1 rings (SSSR count). The van der Waals surface area contributed by atoms with E-state index in [1.807, 2.05) is 0 Å². The van der Waals surface area contributed by atoms with E-state index in [4.69, 9.17) is 5.11 Å². The van der Waals surface area contributed by atoms with Crippen molar-refractivity contribution in [3.8, 4) is 0 Å². The third-order valence-corrected chi connectivity index (χ3v) is 2.32. The molecule has 0 aliphatic carbocycles. The van der Waals surface area contributed by atoms with Crippen LogP contribution in [0.1, 0.15) is 42.5 Å². The van der Waals surface area contributed by atoms with Gasteiger partial charge in [-0.1, -0.05) is 18.6 Å². The van der Waals surface area contributed by atoms with E-state index < -0.39 is 23.9 Å². The Balaban J connectivity index is 3.20. The number of carboxylic acid groups (broad SMARTS) is 1. The van der Waals surface area contributed by atoms with Crippen molar-refractivity contribution >= 4 is 5.97 Å². The van der Waals surface area contributed by atoms with E-state index in [1.54, 1.807) is 6.92 Å². The van der Waals surface area contributed by atoms with Gasteiger partial charge in [-0.2, -0.15) is 13.2 Å². The summed E-state index contributed by atoms with van der Waals surface area (Å²) in [7, 11) is 0. The van der Waals surface area contributed by atoms with Crippen LogP contribution in [0.25, 0.3) is 0 Å². The van der Waals surface area contributed by atoms with Crippen molar-refractivity contribution in [1.29, 1.82) is 0 Å². The molecule has 1 atom stereocenters. The van der Waals surface area contributed by atoms with Crippen LogP contribution in [0.3, 0.4) is 0 Å². The van der Waals surface area contributed by atoms with E-state index in [1.165, 1.54) is 0 Å². The van der Waals surface area contributed by atoms with Crippen molar-refractivity contribution in [3.63, 3.8) is 0 Å². The maximum atomic E-state index is 12.5. The minimum atomic E-state index is -4.48. The molecule has 1 aromatic heterocycles. The first-order valence-corrected chi connectivity index (χ1v) is 5.03. The summed E-state index contributed by atoms with van der Waals surface area (Å²) in [6, 6.07) is -1.88. The van der Waals surface area contributed by atoms with Gasteiger partial charge in [0, 0.05) is 0 Å². The largest absolute Gasteiger partial charge is 0.476 e. The number of aromatic nitrogens is 3. The highest BCUT2D eigenvalue weighted by atomic mass is 19.4. The summed E-state index contributed by atoms with van der Waals surface area (Å²) in [5.74, 6) is -1.37. The van der Waals surface area contributed by atoms with Crippen LogP contribution in [0.5, 0.6) is 0 Å². The first-order valence-electron chi connectivity index (χ1n) is 5.03. The zero-order valence-electron chi connectivity index (χ0n) is 9.32. The van der Waals surface area contributed by atoms with Crippen LogP contribution < -0.4 is 0 Å². The molecule has 0 spiro atoms. The van der Waals surface area contributed by atoms with Gasteiger partial charge >= 0.3 is 12.1 Å². The summed E-state index contributed by atoms with van der Waals surface area (Å²) in [6.07, 6.45) is -3.78. The summed E-state index contributed by atoms with van der Waals surface area (Å²) < 4.78 is 38.2. The Morgan fingerprint density at radius 3 is 2.53 bits per heavy atom. The topological polar surface area (TPSA) is 68.0 Å². The normalized spacial score (nSPS) is 13.7. The average Bonchev–Trinajstić information content (AvgIpc) is 2.59. The van der Waals surface area contributed by atoms with Crippen LogP contribution in [0.15, 0.2) is 0 Å². The van der Waals surface area contributed by atoms with E-state index in [0.717, 1.165) is 6.92 Å². The molecular formula is C9H12F3N3O2. The molecule has 5 nitrogen and oxygen atoms in total. The summed E-state index contributed by atoms with van der Waals surface area (Å²) >= 11 is 0. The van der Waals surface area contributed by atoms with Crippen molar-refractivity contribution in [3.05, 3.63) is 11.4 Å². The van der Waals surface area contributed by atoms with E-state index in [0.29, 0.717) is 11.1 Å². The number of nitrogens with zero attached hydrogens (tertiary/aromatic N) is 3. The zero-order valence-corrected chi connectivity index (χ0v) is 9.32. The number of aromatic carboxylic acids is 1. The fourth-order valence-corrected chi connectivity index (χ4v) is 1.40. The first-order chi connectivity index (χ1) is 7.79. The molecule has 0 aliphatic rings. The Bertz CT molecular complexity index is 414. The minimum absolute atomic E-state index is 0.00447. The van der Waals surface area contributed by atoms with Crippen molar-refractivity contribution < 1.29 is 23.1 Å². The van der Waals surface area contributed by atoms with E-state index >= 15 is 0 Å². The van der Waals surface area contributed by atoms with Crippen molar-refractivity contribution in [2.75, 3.05) is 0 Å². The third kappa shape index (κ3) is 2.75. The van der Waals surface area contributed by atoms with Crippen LogP contribution in [-0.2, 0) is 6.42 Å². The number of halogens is 3. The number of carbonyl (C=O) groups is 1. The second-order valence-electron chi connectivity index (χ2n) is 3.60. The lowest BCUT2D eigenvalue weighted by molar-refractivity contribution is -0.166. The molecule has 0 aromatic carbocycles. The van der Waals surface area contributed by atoms with Crippen LogP contribution in [0.2, 0.25) is 0 Å². The zero-order chi connectivity index (χ0) is 13.2. The van der Waals surface area contributed by atoms with E-state index in [9.17, 15) is 18.0 Å². The maximum absolute atomic E-state index is 12.5. The highest BCUT2D eigenvalue weighted by molar-refractivity contribution is 5.86. The summed E-state index contributed by atoms with van der Waals surface area (Å²) in [5, 5.41) is 15.4. The third-order valence-electron chi connectivity index (χ3n) is 2.32. The maximum Gasteiger partial charge on any atom is 0.410 e. The van der Waals surface area contributed by atoms with Gasteiger partial charge < -0.3 is 5.11 Å². The molecule has 1 unspecified atom stereocenters. The van der Waals surface area contributed by atoms with Gasteiger partial charge in [0.1, 0.15) is 6.04 Å². The van der Waals surface area contributed by atoms with Gasteiger partial charge in [-0.15, -0.1) is 5.10 Å². The summed E-state index contributed by atoms with van der Waals surface area (Å²) in [5.41, 5.74) is -0.409. The molecule has 0 bridgehead atoms. The Hall–Kier alpha value is -1.60. The predicted octanol–water partition coefficient (Wildman–Crippen LogP) is 2.05. The van der Waals surface area contributed by atoms with Gasteiger partial charge in [0.05, 0.1) is 5.69 Å². The first kappa shape index (κ1) is 13.5. The predicted molar refractivity (Wildman–Crippen MR) is 51.7 cm³/mol. The monoisotopic (exact) mass is 251 g/mol. The fraction of sp³-hybridized carbons (Fsp3) is 0.667. The van der Waals surface area contributed by atoms with E-state index in [2.05, 4.69) is 10.3 Å². The van der Waals surface area contributed by atoms with Crippen molar-refractivity contribution in [1.82, 2.24) is 15.0 Å². The standard InChI is InChI=1S/C9H12F3N3O2/c1-3-4-6-7(8(16)17)13-14-15(6)5(2)9(10,11)12/h5H,3-4H2,1-2H3,(H,16,17). The van der Waals surface area contributed by atoms with Gasteiger partial charge in [-0.05, 0) is 13.3 Å². The van der Waals surface area contributed by atoms with Gasteiger partial charge in [0.25, 0.3) is 0 Å². The molecule has 1 N–H and O–H groups in total. The second-order valence-corrected chi connectivity index (χ2v) is 3.60. The van der Waals surface area contributed by atoms with Crippen molar-refractivity contribution in [2.24, 2.45) is 0 Å². The number of alkyl halides is 3. The Morgan fingerprint density at radius 2 is 2.12 bits per heavy atom. The molecule has 1 heterocycles. The molecule has 0 amide bonds. The minimum Gasteiger partial charge on any atom is -0.476 e. The smallest absolute Gasteiger partial charge is 0.410 e. The molecule has 96 valence electrons. The van der Waals surface area contributed by atoms with Crippen LogP contribution in [0.4, 0.5) is 13.2 Å². The fourth-order valence-electron chi connectivity index (χ4n) is 1.40. The molecule has 0 aliphatic heterocycles. The molecule has 1 aromatic rings. The van der Waals surface area contributed by atoms with Gasteiger partial charge in [-0.25, -0.2) is 9.48 Å². The molecule has 8 heteroatoms. The highest BCUT2D eigenvalue weighted by Gasteiger charge is 2.40. The number of hydrogen-bond donors (Lipinski definition) is 1. The lowest BCUT2D eigenvalue weighted by Crippen LogP contribution is -2.26. The average molecular weight is 251 g/mol. The lowest BCUT2D eigenvalue weighted by Gasteiger charge is -2.17. The molecule has 0 saturated carbocycles. The highest BCUT2D eigenvalue weighted by Crippen LogP contribution is 2.30. The van der Waals surface area contributed by atoms with Crippen LogP contribution in [-0.4, -0.2) is 32.2 Å². The van der Waals surface area contributed by atoms with Gasteiger partial charge in [0.15, 0.2) is 5.69 Å². The molecule has 0 saturated heterocycles. The number of carboxylic acids is 1. The van der Waals surface area contributed by atoms with Crippen molar-refractivity contribution in [2.45, 2.75) is 38.9 Å². The Morgan fingerprint density at radius 1 is 1.53 bits per heavy atom. The molecule has 0 fully saturated rings. The van der Waals surface area contributed by atoms with Crippen LogP contribution >= 0.6 is 0 Å². The van der Waals surface area contributed by atoms with Gasteiger partial charge in [-0.3, -0.25) is 0 Å². The lowest BCUT2D eigenvalue weighted by atomic mass is 10.2. The number of rotatable bonds is 4. The van der Waals surface area contributed by atoms with Gasteiger partial charge in [0.2, 0.25) is 0 Å². The summed E-state index contributed by atoms with van der Waals surface area (Å²) in [6.45, 7) is 2.65.